The number of thiocarbonyl (C=S) groups is 1. The van der Waals surface area contributed by atoms with Crippen LogP contribution in [0.5, 0.6) is 0 Å². The van der Waals surface area contributed by atoms with Gasteiger partial charge >= 0.3 is 0 Å². The predicted octanol–water partition coefficient (Wildman–Crippen LogP) is 2.46. The van der Waals surface area contributed by atoms with Crippen LogP contribution >= 0.6 is 23.8 Å². The summed E-state index contributed by atoms with van der Waals surface area (Å²) in [6.07, 6.45) is 3.21. The molecular formula is C18H20ClN3O2S. The van der Waals surface area contributed by atoms with Crippen molar-refractivity contribution in [2.45, 2.75) is 31.7 Å². The summed E-state index contributed by atoms with van der Waals surface area (Å²) in [5.41, 5.74) is 0.796. The lowest BCUT2D eigenvalue weighted by Crippen LogP contribution is -2.72. The maximum atomic E-state index is 13.4. The number of hydrogen-bond donors (Lipinski definition) is 0. The van der Waals surface area contributed by atoms with Crippen LogP contribution in [0.25, 0.3) is 0 Å². The summed E-state index contributed by atoms with van der Waals surface area (Å²) in [7, 11) is 3.31. The Kier molecular flexibility index (Phi) is 3.81. The van der Waals surface area contributed by atoms with Crippen molar-refractivity contribution in [2.75, 3.05) is 25.5 Å². The van der Waals surface area contributed by atoms with Gasteiger partial charge in [0.2, 0.25) is 11.8 Å². The third kappa shape index (κ3) is 2.10. The molecule has 2 saturated heterocycles. The molecule has 25 heavy (non-hydrogen) atoms. The highest BCUT2D eigenvalue weighted by molar-refractivity contribution is 7.80. The van der Waals surface area contributed by atoms with Gasteiger partial charge < -0.3 is 4.90 Å². The van der Waals surface area contributed by atoms with Crippen LogP contribution in [0.3, 0.4) is 0 Å². The van der Waals surface area contributed by atoms with E-state index in [0.717, 1.165) is 37.1 Å². The van der Waals surface area contributed by atoms with Gasteiger partial charge in [-0.15, -0.1) is 0 Å². The first kappa shape index (κ1) is 16.8. The highest BCUT2D eigenvalue weighted by Crippen LogP contribution is 2.49. The lowest BCUT2D eigenvalue weighted by molar-refractivity contribution is -0.157. The van der Waals surface area contributed by atoms with E-state index in [1.165, 1.54) is 9.80 Å². The summed E-state index contributed by atoms with van der Waals surface area (Å²) in [4.78, 5) is 31.9. The molecule has 0 radical (unpaired) electrons. The summed E-state index contributed by atoms with van der Waals surface area (Å²) < 4.78 is 0. The van der Waals surface area contributed by atoms with E-state index in [-0.39, 0.29) is 23.0 Å². The number of carbonyl (C=O) groups excluding carboxylic acids is 2. The fraction of sp³-hybridized carbons (Fsp3) is 0.500. The second-order valence-electron chi connectivity index (χ2n) is 7.10. The average molecular weight is 378 g/mol. The molecule has 4 rings (SSSR count). The topological polar surface area (TPSA) is 43.9 Å². The summed E-state index contributed by atoms with van der Waals surface area (Å²) in [5, 5.41) is 0.868. The number of carbonyl (C=O) groups is 2. The van der Waals surface area contributed by atoms with Gasteiger partial charge in [-0.3, -0.25) is 19.4 Å². The Bertz CT molecular complexity index is 773. The number of benzene rings is 1. The number of halogens is 1. The highest BCUT2D eigenvalue weighted by Gasteiger charge is 2.62. The standard InChI is InChI=1S/C18H20ClN3O2S/c1-20-15(23)18(16(24)21(2)17(20)25)10-11-12(19)6-5-7-13(11)22-9-4-3-8-14(18)22/h5-7,14H,3-4,8-10H2,1-2H3/t14-/m0/s1. The van der Waals surface area contributed by atoms with E-state index in [0.29, 0.717) is 11.4 Å². The van der Waals surface area contributed by atoms with Crippen LogP contribution in [0.15, 0.2) is 18.2 Å². The van der Waals surface area contributed by atoms with Gasteiger partial charge in [0, 0.05) is 37.8 Å². The Morgan fingerprint density at radius 1 is 1.16 bits per heavy atom. The van der Waals surface area contributed by atoms with Crippen LogP contribution < -0.4 is 4.90 Å². The largest absolute Gasteiger partial charge is 0.367 e. The summed E-state index contributed by atoms with van der Waals surface area (Å²) >= 11 is 11.7. The van der Waals surface area contributed by atoms with Crippen molar-refractivity contribution in [3.8, 4) is 0 Å². The Hall–Kier alpha value is -1.66. The molecule has 3 aliphatic heterocycles. The molecule has 1 atom stereocenters. The number of piperidine rings is 1. The zero-order chi connectivity index (χ0) is 17.9. The number of amides is 2. The quantitative estimate of drug-likeness (QED) is 0.514. The Morgan fingerprint density at radius 3 is 2.52 bits per heavy atom. The molecule has 132 valence electrons. The second-order valence-corrected chi connectivity index (χ2v) is 7.87. The first-order valence-corrected chi connectivity index (χ1v) is 9.32. The molecule has 0 N–H and O–H groups in total. The zero-order valence-electron chi connectivity index (χ0n) is 14.3. The minimum Gasteiger partial charge on any atom is -0.367 e. The summed E-state index contributed by atoms with van der Waals surface area (Å²) in [5.74, 6) is -0.411. The molecule has 3 heterocycles. The van der Waals surface area contributed by atoms with Gasteiger partial charge in [0.1, 0.15) is 0 Å². The molecular weight excluding hydrogens is 358 g/mol. The average Bonchev–Trinajstić information content (AvgIpc) is 2.64. The molecule has 0 aromatic heterocycles. The minimum atomic E-state index is -1.15. The normalized spacial score (nSPS) is 25.3. The maximum Gasteiger partial charge on any atom is 0.246 e. The first-order chi connectivity index (χ1) is 11.9. The van der Waals surface area contributed by atoms with Gasteiger partial charge in [0.15, 0.2) is 10.5 Å². The van der Waals surface area contributed by atoms with Crippen molar-refractivity contribution in [1.29, 1.82) is 0 Å². The Balaban J connectivity index is 1.94. The fourth-order valence-electron chi connectivity index (χ4n) is 4.65. The lowest BCUT2D eigenvalue weighted by atomic mass is 9.66. The molecule has 2 amide bonds. The van der Waals surface area contributed by atoms with Gasteiger partial charge in [0.25, 0.3) is 0 Å². The van der Waals surface area contributed by atoms with Gasteiger partial charge in [-0.1, -0.05) is 17.7 Å². The van der Waals surface area contributed by atoms with Crippen molar-refractivity contribution in [3.63, 3.8) is 0 Å². The molecule has 7 heteroatoms. The second kappa shape index (κ2) is 5.68. The van der Waals surface area contributed by atoms with E-state index >= 15 is 0 Å². The molecule has 1 spiro atoms. The van der Waals surface area contributed by atoms with Crippen LogP contribution in [0.1, 0.15) is 24.8 Å². The predicted molar refractivity (Wildman–Crippen MR) is 101 cm³/mol. The monoisotopic (exact) mass is 377 g/mol. The van der Waals surface area contributed by atoms with Crippen molar-refractivity contribution in [1.82, 2.24) is 9.80 Å². The van der Waals surface area contributed by atoms with Gasteiger partial charge in [-0.2, -0.15) is 0 Å². The first-order valence-electron chi connectivity index (χ1n) is 8.54. The molecule has 2 fully saturated rings. The van der Waals surface area contributed by atoms with Gasteiger partial charge in [-0.25, -0.2) is 0 Å². The minimum absolute atomic E-state index is 0.153. The fourth-order valence-corrected chi connectivity index (χ4v) is 5.05. The van der Waals surface area contributed by atoms with Crippen LogP contribution in [0.4, 0.5) is 5.69 Å². The molecule has 0 saturated carbocycles. The number of rotatable bonds is 0. The number of nitrogens with zero attached hydrogens (tertiary/aromatic N) is 3. The van der Waals surface area contributed by atoms with E-state index in [1.54, 1.807) is 14.1 Å². The molecule has 1 aromatic rings. The number of fused-ring (bicyclic) bond motifs is 4. The van der Waals surface area contributed by atoms with Gasteiger partial charge in [-0.05, 0) is 49.2 Å². The van der Waals surface area contributed by atoms with E-state index in [9.17, 15) is 9.59 Å². The summed E-state index contributed by atoms with van der Waals surface area (Å²) in [6, 6.07) is 5.65. The van der Waals surface area contributed by atoms with Crippen molar-refractivity contribution in [3.05, 3.63) is 28.8 Å². The third-order valence-corrected chi connectivity index (χ3v) is 6.78. The maximum absolute atomic E-state index is 13.4. The SMILES string of the molecule is CN1C(=O)C2(Cc3c(Cl)cccc3N3CCCC[C@H]32)C(=O)N(C)C1=S. The van der Waals surface area contributed by atoms with Crippen LogP contribution in [-0.4, -0.2) is 53.4 Å². The Morgan fingerprint density at radius 2 is 1.84 bits per heavy atom. The molecule has 0 unspecified atom stereocenters. The molecule has 5 nitrogen and oxygen atoms in total. The molecule has 0 bridgehead atoms. The number of hydrogen-bond acceptors (Lipinski definition) is 4. The smallest absolute Gasteiger partial charge is 0.246 e. The van der Waals surface area contributed by atoms with Crippen LogP contribution in [0.2, 0.25) is 5.02 Å². The van der Waals surface area contributed by atoms with E-state index in [4.69, 9.17) is 23.8 Å². The molecule has 3 aliphatic rings. The molecule has 0 aliphatic carbocycles. The Labute approximate surface area is 157 Å². The van der Waals surface area contributed by atoms with E-state index < -0.39 is 5.41 Å². The van der Waals surface area contributed by atoms with E-state index in [2.05, 4.69) is 4.90 Å². The van der Waals surface area contributed by atoms with Crippen LogP contribution in [0, 0.1) is 5.41 Å². The van der Waals surface area contributed by atoms with Crippen molar-refractivity contribution in [2.24, 2.45) is 5.41 Å². The third-order valence-electron chi connectivity index (χ3n) is 5.88. The van der Waals surface area contributed by atoms with Gasteiger partial charge in [0.05, 0.1) is 6.04 Å². The highest BCUT2D eigenvalue weighted by atomic mass is 35.5. The summed E-state index contributed by atoms with van der Waals surface area (Å²) in [6.45, 7) is 0.832. The van der Waals surface area contributed by atoms with Crippen molar-refractivity contribution < 1.29 is 9.59 Å². The van der Waals surface area contributed by atoms with Crippen LogP contribution in [-0.2, 0) is 16.0 Å². The van der Waals surface area contributed by atoms with Crippen molar-refractivity contribution >= 4 is 46.4 Å². The lowest BCUT2D eigenvalue weighted by Gasteiger charge is -2.55. The van der Waals surface area contributed by atoms with E-state index in [1.807, 2.05) is 18.2 Å². The number of anilines is 1. The zero-order valence-corrected chi connectivity index (χ0v) is 15.9. The molecule has 1 aromatic carbocycles.